The minimum atomic E-state index is -1.15. The van der Waals surface area contributed by atoms with Crippen LogP contribution in [0, 0.1) is 21.8 Å². The first-order chi connectivity index (χ1) is 12.8. The number of nitro benzene ring substituents is 1. The lowest BCUT2D eigenvalue weighted by Crippen LogP contribution is -2.34. The van der Waals surface area contributed by atoms with E-state index in [1.165, 1.54) is 49.5 Å². The van der Waals surface area contributed by atoms with Crippen LogP contribution in [0.4, 0.5) is 15.8 Å². The highest BCUT2D eigenvalue weighted by molar-refractivity contribution is 6.32. The van der Waals surface area contributed by atoms with E-state index in [1.54, 1.807) is 6.07 Å². The van der Waals surface area contributed by atoms with E-state index in [2.05, 4.69) is 15.8 Å². The quantitative estimate of drug-likeness (QED) is 0.340. The molecule has 0 aliphatic heterocycles. The first-order valence-electron chi connectivity index (χ1n) is 7.62. The van der Waals surface area contributed by atoms with Crippen molar-refractivity contribution in [3.05, 3.63) is 69.0 Å². The summed E-state index contributed by atoms with van der Waals surface area (Å²) in [6, 6.07) is 9.54. The Hall–Kier alpha value is -3.33. The number of anilines is 1. The van der Waals surface area contributed by atoms with E-state index in [-0.39, 0.29) is 16.4 Å². The van der Waals surface area contributed by atoms with E-state index >= 15 is 0 Å². The molecular formula is C17H14ClFN4O4. The number of hydrogen-bond donors (Lipinski definition) is 2. The Balaban J connectivity index is 1.97. The van der Waals surface area contributed by atoms with Crippen LogP contribution < -0.4 is 10.7 Å². The molecule has 8 nitrogen and oxygen atoms in total. The molecule has 2 rings (SSSR count). The van der Waals surface area contributed by atoms with Crippen molar-refractivity contribution >= 4 is 41.0 Å². The number of rotatable bonds is 6. The Kier molecular flexibility index (Phi) is 6.56. The van der Waals surface area contributed by atoms with Crippen LogP contribution in [0.2, 0.25) is 5.02 Å². The maximum absolute atomic E-state index is 13.5. The summed E-state index contributed by atoms with van der Waals surface area (Å²) in [6.07, 6.45) is 1.17. The van der Waals surface area contributed by atoms with Crippen molar-refractivity contribution in [3.8, 4) is 0 Å². The fourth-order valence-corrected chi connectivity index (χ4v) is 2.13. The molecule has 10 heteroatoms. The van der Waals surface area contributed by atoms with Crippen molar-refractivity contribution in [1.29, 1.82) is 0 Å². The average molecular weight is 393 g/mol. The molecule has 27 heavy (non-hydrogen) atoms. The van der Waals surface area contributed by atoms with Gasteiger partial charge in [0, 0.05) is 11.6 Å². The van der Waals surface area contributed by atoms with Crippen LogP contribution in [0.3, 0.4) is 0 Å². The normalized spacial score (nSPS) is 11.8. The van der Waals surface area contributed by atoms with E-state index in [0.29, 0.717) is 5.56 Å². The van der Waals surface area contributed by atoms with Crippen LogP contribution in [0.15, 0.2) is 47.6 Å². The molecule has 1 atom stereocenters. The lowest BCUT2D eigenvalue weighted by atomic mass is 10.1. The molecule has 0 aromatic heterocycles. The molecule has 2 amide bonds. The number of hydrogen-bond acceptors (Lipinski definition) is 5. The fraction of sp³-hybridized carbons (Fsp3) is 0.118. The van der Waals surface area contributed by atoms with E-state index in [0.717, 1.165) is 0 Å². The molecule has 0 aliphatic rings. The summed E-state index contributed by atoms with van der Waals surface area (Å²) in [5, 5.41) is 16.8. The second kappa shape index (κ2) is 8.86. The standard InChI is InChI=1S/C17H14ClFN4O4/c1-10(16(24)21-14-5-3-2-4-13(14)19)17(25)22-20-9-11-6-7-12(18)15(8-11)23(26)27/h2-10H,1H3,(H,21,24)(H,22,25). The van der Waals surface area contributed by atoms with Crippen LogP contribution in [0.1, 0.15) is 12.5 Å². The first kappa shape index (κ1) is 20.0. The number of nitrogens with one attached hydrogen (secondary N) is 2. The number of nitro groups is 1. The topological polar surface area (TPSA) is 114 Å². The third kappa shape index (κ3) is 5.32. The maximum atomic E-state index is 13.5. The molecule has 2 aromatic carbocycles. The fourth-order valence-electron chi connectivity index (χ4n) is 1.94. The van der Waals surface area contributed by atoms with Gasteiger partial charge in [0.1, 0.15) is 16.8 Å². The molecule has 0 saturated heterocycles. The van der Waals surface area contributed by atoms with Crippen LogP contribution in [-0.4, -0.2) is 23.0 Å². The second-order valence-electron chi connectivity index (χ2n) is 5.39. The highest BCUT2D eigenvalue weighted by atomic mass is 35.5. The van der Waals surface area contributed by atoms with Crippen LogP contribution in [0.25, 0.3) is 0 Å². The lowest BCUT2D eigenvalue weighted by molar-refractivity contribution is -0.384. The summed E-state index contributed by atoms with van der Waals surface area (Å²) < 4.78 is 13.5. The zero-order chi connectivity index (χ0) is 20.0. The molecule has 0 radical (unpaired) electrons. The van der Waals surface area contributed by atoms with Gasteiger partial charge < -0.3 is 5.32 Å². The minimum Gasteiger partial charge on any atom is -0.323 e. The molecule has 140 valence electrons. The van der Waals surface area contributed by atoms with Gasteiger partial charge in [-0.25, -0.2) is 9.82 Å². The van der Waals surface area contributed by atoms with Gasteiger partial charge >= 0.3 is 0 Å². The number of halogens is 2. The molecule has 1 unspecified atom stereocenters. The molecule has 0 heterocycles. The van der Waals surface area contributed by atoms with E-state index < -0.39 is 28.5 Å². The summed E-state index contributed by atoms with van der Waals surface area (Å²) in [6.45, 7) is 1.33. The summed E-state index contributed by atoms with van der Waals surface area (Å²) in [5.41, 5.74) is 2.13. The molecule has 2 N–H and O–H groups in total. The Bertz CT molecular complexity index is 920. The number of hydrazone groups is 1. The smallest absolute Gasteiger partial charge is 0.288 e. The lowest BCUT2D eigenvalue weighted by Gasteiger charge is -2.11. The SMILES string of the molecule is CC(C(=O)NN=Cc1ccc(Cl)c([N+](=O)[O-])c1)C(=O)Nc1ccccc1F. The molecule has 0 saturated carbocycles. The van der Waals surface area contributed by atoms with Crippen LogP contribution >= 0.6 is 11.6 Å². The van der Waals surface area contributed by atoms with Crippen molar-refractivity contribution in [1.82, 2.24) is 5.43 Å². The summed E-state index contributed by atoms with van der Waals surface area (Å²) in [7, 11) is 0. The van der Waals surface area contributed by atoms with Gasteiger partial charge in [-0.2, -0.15) is 5.10 Å². The number of carbonyl (C=O) groups excluding carboxylic acids is 2. The molecule has 0 spiro atoms. The van der Waals surface area contributed by atoms with Crippen LogP contribution in [0.5, 0.6) is 0 Å². The van der Waals surface area contributed by atoms with Crippen molar-refractivity contribution in [2.75, 3.05) is 5.32 Å². The summed E-state index contributed by atoms with van der Waals surface area (Å²) >= 11 is 5.70. The van der Waals surface area contributed by atoms with E-state index in [1.807, 2.05) is 0 Å². The maximum Gasteiger partial charge on any atom is 0.288 e. The van der Waals surface area contributed by atoms with Gasteiger partial charge in [-0.15, -0.1) is 0 Å². The first-order valence-corrected chi connectivity index (χ1v) is 7.99. The van der Waals surface area contributed by atoms with Crippen LogP contribution in [-0.2, 0) is 9.59 Å². The molecule has 0 aliphatic carbocycles. The predicted octanol–water partition coefficient (Wildman–Crippen LogP) is 3.11. The van der Waals surface area contributed by atoms with Gasteiger partial charge in [-0.1, -0.05) is 29.8 Å². The highest BCUT2D eigenvalue weighted by Crippen LogP contribution is 2.24. The monoisotopic (exact) mass is 392 g/mol. The Morgan fingerprint density at radius 3 is 2.63 bits per heavy atom. The largest absolute Gasteiger partial charge is 0.323 e. The second-order valence-corrected chi connectivity index (χ2v) is 5.80. The van der Waals surface area contributed by atoms with Gasteiger partial charge in [0.05, 0.1) is 16.8 Å². The number of amides is 2. The van der Waals surface area contributed by atoms with Crippen molar-refractivity contribution < 1.29 is 18.9 Å². The Morgan fingerprint density at radius 1 is 1.26 bits per heavy atom. The summed E-state index contributed by atoms with van der Waals surface area (Å²) in [5.74, 6) is -3.22. The van der Waals surface area contributed by atoms with Crippen molar-refractivity contribution in [2.45, 2.75) is 6.92 Å². The van der Waals surface area contributed by atoms with Gasteiger partial charge in [0.2, 0.25) is 5.91 Å². The molecule has 2 aromatic rings. The number of carbonyl (C=O) groups is 2. The number of benzene rings is 2. The molecule has 0 fully saturated rings. The zero-order valence-corrected chi connectivity index (χ0v) is 14.7. The predicted molar refractivity (Wildman–Crippen MR) is 98.0 cm³/mol. The number of nitrogens with zero attached hydrogens (tertiary/aromatic N) is 2. The summed E-state index contributed by atoms with van der Waals surface area (Å²) in [4.78, 5) is 34.2. The van der Waals surface area contributed by atoms with Crippen molar-refractivity contribution in [2.24, 2.45) is 11.0 Å². The third-order valence-electron chi connectivity index (χ3n) is 3.47. The number of para-hydroxylation sites is 1. The Morgan fingerprint density at radius 2 is 1.96 bits per heavy atom. The van der Waals surface area contributed by atoms with Gasteiger partial charge in [-0.3, -0.25) is 19.7 Å². The van der Waals surface area contributed by atoms with E-state index in [9.17, 15) is 24.1 Å². The minimum absolute atomic E-state index is 0.0281. The Labute approximate surface area is 158 Å². The zero-order valence-electron chi connectivity index (χ0n) is 14.0. The van der Waals surface area contributed by atoms with Gasteiger partial charge in [0.25, 0.3) is 11.6 Å². The van der Waals surface area contributed by atoms with E-state index in [4.69, 9.17) is 11.6 Å². The third-order valence-corrected chi connectivity index (χ3v) is 3.79. The van der Waals surface area contributed by atoms with Crippen molar-refractivity contribution in [3.63, 3.8) is 0 Å². The highest BCUT2D eigenvalue weighted by Gasteiger charge is 2.22. The molecular weight excluding hydrogens is 379 g/mol. The molecule has 0 bridgehead atoms. The van der Waals surface area contributed by atoms with Gasteiger partial charge in [0.15, 0.2) is 0 Å². The van der Waals surface area contributed by atoms with Gasteiger partial charge in [-0.05, 0) is 25.1 Å². The average Bonchev–Trinajstić information content (AvgIpc) is 2.63.